The Balaban J connectivity index is 1.02. The van der Waals surface area contributed by atoms with Crippen molar-refractivity contribution < 1.29 is 108 Å². The maximum Gasteiger partial charge on any atom is 0.313 e. The Labute approximate surface area is 497 Å². The molecule has 480 valence electrons. The number of hydrogen-bond donors (Lipinski definition) is 3. The van der Waals surface area contributed by atoms with Gasteiger partial charge in [0.15, 0.2) is 0 Å². The number of para-hydroxylation sites is 1. The molecule has 3 N–H and O–H groups in total. The van der Waals surface area contributed by atoms with E-state index in [1.807, 2.05) is 60.7 Å². The number of nitrogens with zero attached hydrogens (tertiary/aromatic N) is 1. The SMILES string of the molecule is COCCOCCOCCOCCOCCOCCOCCOCCOCCOCCOCCOCCC(=O)NC[C@H](NC(=O)CCCCC(=O)N1Cc2ccccc2/C=C\c2ccccc21)C(=O)NCCC(=O)Oc1c(F)c(F)c(F)c(F)c1F. The first kappa shape index (κ1) is 72.4. The van der Waals surface area contributed by atoms with Gasteiger partial charge in [-0.05, 0) is 35.6 Å². The molecule has 3 aromatic carbocycles. The van der Waals surface area contributed by atoms with Crippen molar-refractivity contribution in [2.24, 2.45) is 0 Å². The normalized spacial score (nSPS) is 12.7. The summed E-state index contributed by atoms with van der Waals surface area (Å²) >= 11 is 0. The molecule has 1 heterocycles. The van der Waals surface area contributed by atoms with Crippen LogP contribution in [0.25, 0.3) is 12.2 Å². The standard InChI is InChI=1S/C59H81F5N4O18/c1-74-20-21-76-24-25-78-28-29-80-32-33-82-36-37-84-40-41-85-39-38-83-35-34-81-31-30-79-27-26-77-23-22-75-19-17-49(69)66-42-47(59(73)65-18-16-52(72)86-58-56(63)54(61)53(60)55(62)57(58)64)67-50(70)12-6-7-13-51(71)68-43-46-10-3-2-8-44(46)14-15-45-9-4-5-11-48(45)68/h2-5,8-11,14-15,47H,6-7,12-13,16-43H2,1H3,(H,65,73)(H,66,69)(H,67,70)/b15-14-/t47-/m0/s1. The molecule has 1 aliphatic rings. The van der Waals surface area contributed by atoms with Crippen LogP contribution in [0.5, 0.6) is 5.75 Å². The van der Waals surface area contributed by atoms with Gasteiger partial charge in [-0.2, -0.15) is 8.78 Å². The molecule has 22 nitrogen and oxygen atoms in total. The summed E-state index contributed by atoms with van der Waals surface area (Å²) in [4.78, 5) is 67.0. The van der Waals surface area contributed by atoms with Gasteiger partial charge in [0.05, 0.1) is 171 Å². The number of ether oxygens (including phenoxy) is 13. The van der Waals surface area contributed by atoms with E-state index in [9.17, 15) is 45.9 Å². The maximum absolute atomic E-state index is 14.1. The van der Waals surface area contributed by atoms with Crippen LogP contribution in [0, 0.1) is 29.1 Å². The summed E-state index contributed by atoms with van der Waals surface area (Å²) < 4.78 is 138. The molecule has 0 aromatic heterocycles. The highest BCUT2D eigenvalue weighted by Crippen LogP contribution is 2.31. The van der Waals surface area contributed by atoms with E-state index >= 15 is 0 Å². The lowest BCUT2D eigenvalue weighted by Crippen LogP contribution is -2.53. The number of carbonyl (C=O) groups is 5. The van der Waals surface area contributed by atoms with E-state index < -0.39 is 84.1 Å². The summed E-state index contributed by atoms with van der Waals surface area (Å²) in [6, 6.07) is 13.8. The van der Waals surface area contributed by atoms with Crippen molar-refractivity contribution in [2.45, 2.75) is 51.1 Å². The Morgan fingerprint density at radius 2 is 0.884 bits per heavy atom. The molecule has 86 heavy (non-hydrogen) atoms. The summed E-state index contributed by atoms with van der Waals surface area (Å²) in [6.07, 6.45) is 3.57. The Morgan fingerprint density at radius 1 is 0.465 bits per heavy atom. The smallest absolute Gasteiger partial charge is 0.313 e. The topological polar surface area (TPSA) is 245 Å². The van der Waals surface area contributed by atoms with Crippen molar-refractivity contribution >= 4 is 47.4 Å². The van der Waals surface area contributed by atoms with Crippen LogP contribution in [0.4, 0.5) is 27.6 Å². The molecule has 0 saturated heterocycles. The average molecular weight is 1230 g/mol. The van der Waals surface area contributed by atoms with Crippen LogP contribution in [-0.4, -0.2) is 208 Å². The first-order valence-electron chi connectivity index (χ1n) is 28.5. The lowest BCUT2D eigenvalue weighted by molar-refractivity contribution is -0.135. The first-order valence-corrected chi connectivity index (χ1v) is 28.5. The Kier molecular flexibility index (Phi) is 38.1. The number of methoxy groups -OCH3 is 1. The quantitative estimate of drug-likeness (QED) is 0.0170. The number of halogens is 5. The molecular formula is C59H81F5N4O18. The molecule has 4 amide bonds. The highest BCUT2D eigenvalue weighted by atomic mass is 19.2. The predicted octanol–water partition coefficient (Wildman–Crippen LogP) is 4.89. The zero-order valence-electron chi connectivity index (χ0n) is 48.7. The van der Waals surface area contributed by atoms with Crippen molar-refractivity contribution in [3.05, 3.63) is 94.3 Å². The molecule has 0 unspecified atom stereocenters. The highest BCUT2D eigenvalue weighted by molar-refractivity contribution is 5.97. The van der Waals surface area contributed by atoms with E-state index in [0.29, 0.717) is 138 Å². The number of nitrogens with one attached hydrogen (secondary N) is 3. The average Bonchev–Trinajstić information content (AvgIpc) is 1.82. The van der Waals surface area contributed by atoms with Crippen LogP contribution in [0.15, 0.2) is 48.5 Å². The van der Waals surface area contributed by atoms with Crippen LogP contribution in [-0.2, 0) is 87.4 Å². The lowest BCUT2D eigenvalue weighted by Gasteiger charge is -2.27. The summed E-state index contributed by atoms with van der Waals surface area (Å²) in [5.41, 5.74) is 3.54. The Hall–Kier alpha value is -6.08. The van der Waals surface area contributed by atoms with Gasteiger partial charge in [0.25, 0.3) is 0 Å². The zero-order valence-corrected chi connectivity index (χ0v) is 48.7. The van der Waals surface area contributed by atoms with Crippen molar-refractivity contribution in [3.8, 4) is 5.75 Å². The molecule has 0 radical (unpaired) electrons. The molecular weight excluding hydrogens is 1150 g/mol. The number of esters is 1. The number of amides is 4. The Morgan fingerprint density at radius 3 is 1.38 bits per heavy atom. The summed E-state index contributed by atoms with van der Waals surface area (Å²) in [6.45, 7) is 8.47. The molecule has 1 atom stereocenters. The summed E-state index contributed by atoms with van der Waals surface area (Å²) in [7, 11) is 1.63. The third-order valence-corrected chi connectivity index (χ3v) is 12.2. The van der Waals surface area contributed by atoms with Gasteiger partial charge in [0, 0.05) is 39.5 Å². The molecule has 4 rings (SSSR count). The third kappa shape index (κ3) is 30.0. The van der Waals surface area contributed by atoms with Crippen molar-refractivity contribution in [1.29, 1.82) is 0 Å². The zero-order chi connectivity index (χ0) is 61.8. The Bertz CT molecular complexity index is 2460. The molecule has 0 saturated carbocycles. The summed E-state index contributed by atoms with van der Waals surface area (Å²) in [5, 5.41) is 7.39. The fourth-order valence-corrected chi connectivity index (χ4v) is 7.71. The van der Waals surface area contributed by atoms with Gasteiger partial charge in [-0.25, -0.2) is 13.2 Å². The third-order valence-electron chi connectivity index (χ3n) is 12.2. The second-order valence-corrected chi connectivity index (χ2v) is 18.6. The van der Waals surface area contributed by atoms with Gasteiger partial charge < -0.3 is 82.4 Å². The van der Waals surface area contributed by atoms with Crippen molar-refractivity contribution in [2.75, 3.05) is 177 Å². The van der Waals surface area contributed by atoms with Crippen LogP contribution in [0.3, 0.4) is 0 Å². The number of anilines is 1. The van der Waals surface area contributed by atoms with E-state index in [1.54, 1.807) is 12.0 Å². The van der Waals surface area contributed by atoms with Crippen molar-refractivity contribution in [3.63, 3.8) is 0 Å². The van der Waals surface area contributed by atoms with Gasteiger partial charge in [-0.3, -0.25) is 24.0 Å². The first-order chi connectivity index (χ1) is 41.9. The number of unbranched alkanes of at least 4 members (excludes halogenated alkanes) is 1. The highest BCUT2D eigenvalue weighted by Gasteiger charge is 2.29. The van der Waals surface area contributed by atoms with E-state index in [1.165, 1.54) is 0 Å². The number of hydrogen-bond acceptors (Lipinski definition) is 18. The van der Waals surface area contributed by atoms with Crippen LogP contribution < -0.4 is 25.6 Å². The monoisotopic (exact) mass is 1230 g/mol. The minimum Gasteiger partial charge on any atom is -0.420 e. The van der Waals surface area contributed by atoms with E-state index in [-0.39, 0.29) is 58.0 Å². The molecule has 0 aliphatic carbocycles. The molecule has 0 fully saturated rings. The van der Waals surface area contributed by atoms with E-state index in [0.717, 1.165) is 22.4 Å². The number of carbonyl (C=O) groups excluding carboxylic acids is 5. The minimum absolute atomic E-state index is 0.0190. The second-order valence-electron chi connectivity index (χ2n) is 18.6. The number of fused-ring (bicyclic) bond motifs is 2. The van der Waals surface area contributed by atoms with Gasteiger partial charge in [-0.1, -0.05) is 54.6 Å². The molecule has 3 aromatic rings. The van der Waals surface area contributed by atoms with Gasteiger partial charge >= 0.3 is 5.97 Å². The maximum atomic E-state index is 14.1. The molecule has 0 bridgehead atoms. The van der Waals surface area contributed by atoms with Crippen molar-refractivity contribution in [1.82, 2.24) is 16.0 Å². The molecule has 1 aliphatic heterocycles. The van der Waals surface area contributed by atoms with Crippen LogP contribution >= 0.6 is 0 Å². The van der Waals surface area contributed by atoms with Gasteiger partial charge in [0.1, 0.15) is 6.04 Å². The predicted molar refractivity (Wildman–Crippen MR) is 301 cm³/mol. The van der Waals surface area contributed by atoms with Gasteiger partial charge in [0.2, 0.25) is 58.5 Å². The van der Waals surface area contributed by atoms with Crippen LogP contribution in [0.1, 0.15) is 55.2 Å². The minimum atomic E-state index is -2.44. The van der Waals surface area contributed by atoms with E-state index in [2.05, 4.69) is 20.7 Å². The number of rotatable bonds is 49. The fourth-order valence-electron chi connectivity index (χ4n) is 7.71. The van der Waals surface area contributed by atoms with Gasteiger partial charge in [-0.15, -0.1) is 0 Å². The van der Waals surface area contributed by atoms with Crippen LogP contribution in [0.2, 0.25) is 0 Å². The lowest BCUT2D eigenvalue weighted by atomic mass is 10.0. The molecule has 0 spiro atoms. The summed E-state index contributed by atoms with van der Waals surface area (Å²) in [5.74, 6) is -17.3. The molecule has 27 heteroatoms. The van der Waals surface area contributed by atoms with E-state index in [4.69, 9.17) is 56.8 Å². The largest absolute Gasteiger partial charge is 0.420 e. The second kappa shape index (κ2) is 45.2. The fraction of sp³-hybridized carbons (Fsp3) is 0.576. The number of benzene rings is 3.